The minimum Gasteiger partial charge on any atom is -0.490 e. The highest BCUT2D eigenvalue weighted by molar-refractivity contribution is 5.94. The topological polar surface area (TPSA) is 47.6 Å². The summed E-state index contributed by atoms with van der Waals surface area (Å²) < 4.78 is 24.9. The van der Waals surface area contributed by atoms with Crippen LogP contribution in [-0.2, 0) is 6.54 Å². The summed E-state index contributed by atoms with van der Waals surface area (Å²) in [6.07, 6.45) is 0.840. The Balaban J connectivity index is 1.74. The molecule has 23 heavy (non-hydrogen) atoms. The van der Waals surface area contributed by atoms with Crippen LogP contribution < -0.4 is 14.8 Å². The van der Waals surface area contributed by atoms with Crippen molar-refractivity contribution >= 4 is 5.91 Å². The maximum Gasteiger partial charge on any atom is 0.254 e. The number of benzene rings is 2. The fourth-order valence-electron chi connectivity index (χ4n) is 2.46. The summed E-state index contributed by atoms with van der Waals surface area (Å²) >= 11 is 0. The predicted molar refractivity (Wildman–Crippen MR) is 84.4 cm³/mol. The van der Waals surface area contributed by atoms with Crippen LogP contribution in [0, 0.1) is 12.7 Å². The molecule has 0 radical (unpaired) electrons. The van der Waals surface area contributed by atoms with Gasteiger partial charge in [-0.15, -0.1) is 0 Å². The van der Waals surface area contributed by atoms with E-state index in [0.29, 0.717) is 25.5 Å². The van der Waals surface area contributed by atoms with E-state index in [4.69, 9.17) is 9.47 Å². The molecule has 2 aromatic rings. The van der Waals surface area contributed by atoms with E-state index >= 15 is 0 Å². The molecule has 4 nitrogen and oxygen atoms in total. The molecule has 1 N–H and O–H groups in total. The summed E-state index contributed by atoms with van der Waals surface area (Å²) in [5.74, 6) is 0.447. The Labute approximate surface area is 134 Å². The normalized spacial score (nSPS) is 13.3. The number of aryl methyl sites for hydroxylation is 1. The molecule has 120 valence electrons. The van der Waals surface area contributed by atoms with Crippen LogP contribution in [-0.4, -0.2) is 19.1 Å². The summed E-state index contributed by atoms with van der Waals surface area (Å²) in [4.78, 5) is 12.1. The SMILES string of the molecule is Cc1cc2c(cc1CNC(=O)c1ccccc1F)OCCCO2. The molecule has 0 unspecified atom stereocenters. The second-order valence-electron chi connectivity index (χ2n) is 5.44. The van der Waals surface area contributed by atoms with Gasteiger partial charge < -0.3 is 14.8 Å². The van der Waals surface area contributed by atoms with Gasteiger partial charge in [-0.1, -0.05) is 12.1 Å². The van der Waals surface area contributed by atoms with Crippen LogP contribution in [0.3, 0.4) is 0 Å². The van der Waals surface area contributed by atoms with E-state index in [1.54, 1.807) is 12.1 Å². The summed E-state index contributed by atoms with van der Waals surface area (Å²) in [7, 11) is 0. The summed E-state index contributed by atoms with van der Waals surface area (Å²) in [5, 5.41) is 2.74. The Morgan fingerprint density at radius 3 is 2.61 bits per heavy atom. The highest BCUT2D eigenvalue weighted by Crippen LogP contribution is 2.32. The van der Waals surface area contributed by atoms with Crippen molar-refractivity contribution in [1.29, 1.82) is 0 Å². The number of fused-ring (bicyclic) bond motifs is 1. The van der Waals surface area contributed by atoms with Gasteiger partial charge in [0, 0.05) is 13.0 Å². The maximum atomic E-state index is 13.6. The molecule has 0 fully saturated rings. The van der Waals surface area contributed by atoms with E-state index in [2.05, 4.69) is 5.32 Å². The van der Waals surface area contributed by atoms with Crippen molar-refractivity contribution in [2.24, 2.45) is 0 Å². The Morgan fingerprint density at radius 2 is 1.87 bits per heavy atom. The van der Waals surface area contributed by atoms with Crippen LogP contribution >= 0.6 is 0 Å². The number of hydrogen-bond acceptors (Lipinski definition) is 3. The molecule has 3 rings (SSSR count). The standard InChI is InChI=1S/C18H18FNO3/c1-12-9-16-17(23-8-4-7-22-16)10-13(12)11-20-18(21)14-5-2-3-6-15(14)19/h2-3,5-6,9-10H,4,7-8,11H2,1H3,(H,20,21). The van der Waals surface area contributed by atoms with Crippen LogP contribution in [0.4, 0.5) is 4.39 Å². The van der Waals surface area contributed by atoms with E-state index in [1.165, 1.54) is 12.1 Å². The molecule has 0 bridgehead atoms. The highest BCUT2D eigenvalue weighted by atomic mass is 19.1. The third-order valence-corrected chi connectivity index (χ3v) is 3.76. The Kier molecular flexibility index (Phi) is 4.46. The number of ether oxygens (including phenoxy) is 2. The molecule has 0 saturated heterocycles. The van der Waals surface area contributed by atoms with Crippen LogP contribution in [0.2, 0.25) is 0 Å². The van der Waals surface area contributed by atoms with Gasteiger partial charge in [0.05, 0.1) is 18.8 Å². The number of nitrogens with one attached hydrogen (secondary N) is 1. The van der Waals surface area contributed by atoms with Crippen molar-refractivity contribution in [3.63, 3.8) is 0 Å². The maximum absolute atomic E-state index is 13.6. The fourth-order valence-corrected chi connectivity index (χ4v) is 2.46. The Morgan fingerprint density at radius 1 is 1.17 bits per heavy atom. The Hall–Kier alpha value is -2.56. The second-order valence-corrected chi connectivity index (χ2v) is 5.44. The average Bonchev–Trinajstić information content (AvgIpc) is 2.77. The van der Waals surface area contributed by atoms with Gasteiger partial charge in [0.25, 0.3) is 5.91 Å². The minimum atomic E-state index is -0.527. The average molecular weight is 315 g/mol. The van der Waals surface area contributed by atoms with Gasteiger partial charge in [-0.25, -0.2) is 4.39 Å². The van der Waals surface area contributed by atoms with E-state index in [-0.39, 0.29) is 5.56 Å². The number of carbonyl (C=O) groups excluding carboxylic acids is 1. The molecule has 1 aliphatic rings. The van der Waals surface area contributed by atoms with Crippen LogP contribution in [0.25, 0.3) is 0 Å². The minimum absolute atomic E-state index is 0.0412. The lowest BCUT2D eigenvalue weighted by molar-refractivity contribution is 0.0947. The number of hydrogen-bond donors (Lipinski definition) is 1. The highest BCUT2D eigenvalue weighted by Gasteiger charge is 2.15. The van der Waals surface area contributed by atoms with Crippen LogP contribution in [0.5, 0.6) is 11.5 Å². The number of halogens is 1. The summed E-state index contributed by atoms with van der Waals surface area (Å²) in [6, 6.07) is 9.71. The Bertz CT molecular complexity index is 730. The zero-order chi connectivity index (χ0) is 16.2. The first-order valence-corrected chi connectivity index (χ1v) is 7.57. The molecule has 0 atom stereocenters. The van der Waals surface area contributed by atoms with Crippen molar-refractivity contribution in [3.8, 4) is 11.5 Å². The molecular weight excluding hydrogens is 297 g/mol. The monoisotopic (exact) mass is 315 g/mol. The predicted octanol–water partition coefficient (Wildman–Crippen LogP) is 3.23. The third kappa shape index (κ3) is 3.44. The van der Waals surface area contributed by atoms with Gasteiger partial charge in [0.1, 0.15) is 5.82 Å². The zero-order valence-corrected chi connectivity index (χ0v) is 12.9. The molecule has 1 heterocycles. The smallest absolute Gasteiger partial charge is 0.254 e. The van der Waals surface area contributed by atoms with E-state index in [0.717, 1.165) is 23.3 Å². The summed E-state index contributed by atoms with van der Waals surface area (Å²) in [5.41, 5.74) is 1.95. The lowest BCUT2D eigenvalue weighted by atomic mass is 10.1. The van der Waals surface area contributed by atoms with Crippen molar-refractivity contribution in [3.05, 3.63) is 58.9 Å². The molecule has 1 aliphatic heterocycles. The van der Waals surface area contributed by atoms with Crippen molar-refractivity contribution < 1.29 is 18.7 Å². The van der Waals surface area contributed by atoms with Crippen molar-refractivity contribution in [1.82, 2.24) is 5.32 Å². The van der Waals surface area contributed by atoms with Gasteiger partial charge in [0.15, 0.2) is 11.5 Å². The summed E-state index contributed by atoms with van der Waals surface area (Å²) in [6.45, 7) is 3.49. The molecule has 2 aromatic carbocycles. The lowest BCUT2D eigenvalue weighted by Gasteiger charge is -2.13. The molecule has 1 amide bonds. The number of rotatable bonds is 3. The molecule has 0 spiro atoms. The van der Waals surface area contributed by atoms with Gasteiger partial charge in [-0.3, -0.25) is 4.79 Å². The molecule has 0 aliphatic carbocycles. The van der Waals surface area contributed by atoms with Crippen molar-refractivity contribution in [2.75, 3.05) is 13.2 Å². The number of carbonyl (C=O) groups is 1. The largest absolute Gasteiger partial charge is 0.490 e. The van der Waals surface area contributed by atoms with Gasteiger partial charge in [-0.2, -0.15) is 0 Å². The van der Waals surface area contributed by atoms with E-state index in [1.807, 2.05) is 19.1 Å². The van der Waals surface area contributed by atoms with E-state index < -0.39 is 11.7 Å². The first-order valence-electron chi connectivity index (χ1n) is 7.57. The molecule has 0 saturated carbocycles. The quantitative estimate of drug-likeness (QED) is 0.946. The number of amides is 1. The van der Waals surface area contributed by atoms with Crippen molar-refractivity contribution in [2.45, 2.75) is 19.9 Å². The first kappa shape index (κ1) is 15.3. The molecular formula is C18H18FNO3. The first-order chi connectivity index (χ1) is 11.1. The van der Waals surface area contributed by atoms with Gasteiger partial charge in [-0.05, 0) is 42.3 Å². The molecule has 0 aromatic heterocycles. The second kappa shape index (κ2) is 6.69. The van der Waals surface area contributed by atoms with Crippen LogP contribution in [0.1, 0.15) is 27.9 Å². The van der Waals surface area contributed by atoms with E-state index in [9.17, 15) is 9.18 Å². The zero-order valence-electron chi connectivity index (χ0n) is 12.9. The lowest BCUT2D eigenvalue weighted by Crippen LogP contribution is -2.24. The van der Waals surface area contributed by atoms with Gasteiger partial charge in [0.2, 0.25) is 0 Å². The van der Waals surface area contributed by atoms with Gasteiger partial charge >= 0.3 is 0 Å². The molecule has 5 heteroatoms. The fraction of sp³-hybridized carbons (Fsp3) is 0.278. The third-order valence-electron chi connectivity index (χ3n) is 3.76. The van der Waals surface area contributed by atoms with Crippen LogP contribution in [0.15, 0.2) is 36.4 Å².